The van der Waals surface area contributed by atoms with Crippen molar-refractivity contribution in [2.45, 2.75) is 35.3 Å². The van der Waals surface area contributed by atoms with E-state index in [2.05, 4.69) is 15.5 Å². The maximum Gasteiger partial charge on any atom is 0.238 e. The minimum Gasteiger partial charge on any atom is -0.342 e. The summed E-state index contributed by atoms with van der Waals surface area (Å²) in [4.78, 5) is 28.3. The maximum absolute atomic E-state index is 13.0. The fraction of sp³-hybridized carbons (Fsp3) is 0.333. The topological polar surface area (TPSA) is 79.6 Å². The Morgan fingerprint density at radius 2 is 2.03 bits per heavy atom. The van der Waals surface area contributed by atoms with E-state index in [1.165, 1.54) is 11.8 Å². The molecule has 1 N–H and O–H groups in total. The quantitative estimate of drug-likeness (QED) is 0.722. The Morgan fingerprint density at radius 3 is 2.97 bits per heavy atom. The Hall–Kier alpha value is -2.87. The molecule has 1 saturated heterocycles. The molecule has 0 bridgehead atoms. The number of likely N-dealkylation sites (tertiary alicyclic amines) is 1. The van der Waals surface area contributed by atoms with Crippen molar-refractivity contribution in [2.75, 3.05) is 18.4 Å². The first-order chi connectivity index (χ1) is 14.2. The standard InChI is InChI=1S/C21H21N5O2S/c27-19(12-17-21(28)22-15-7-1-2-8-16(15)29-17)25-10-5-6-14(13-25)20-24-23-18-9-3-4-11-26(18)20/h1-4,7-9,11,14,17H,5-6,10,12-13H2,(H,22,28). The molecule has 0 radical (unpaired) electrons. The van der Waals surface area contributed by atoms with Crippen LogP contribution in [0, 0.1) is 0 Å². The van der Waals surface area contributed by atoms with Gasteiger partial charge < -0.3 is 10.2 Å². The first-order valence-corrected chi connectivity index (χ1v) is 10.7. The number of nitrogens with one attached hydrogen (secondary N) is 1. The second-order valence-electron chi connectivity index (χ2n) is 7.46. The van der Waals surface area contributed by atoms with E-state index < -0.39 is 5.25 Å². The number of aromatic nitrogens is 3. The minimum atomic E-state index is -0.397. The summed E-state index contributed by atoms with van der Waals surface area (Å²) < 4.78 is 2.00. The third-order valence-electron chi connectivity index (χ3n) is 5.55. The van der Waals surface area contributed by atoms with Crippen LogP contribution in [0.2, 0.25) is 0 Å². The highest BCUT2D eigenvalue weighted by molar-refractivity contribution is 8.01. The van der Waals surface area contributed by atoms with Crippen LogP contribution in [0.4, 0.5) is 5.69 Å². The van der Waals surface area contributed by atoms with Crippen molar-refractivity contribution in [3.05, 3.63) is 54.5 Å². The Morgan fingerprint density at radius 1 is 1.17 bits per heavy atom. The third-order valence-corrected chi connectivity index (χ3v) is 6.82. The molecule has 2 atom stereocenters. The number of amides is 2. The molecular formula is C21H21N5O2S. The van der Waals surface area contributed by atoms with Crippen LogP contribution < -0.4 is 5.32 Å². The zero-order valence-corrected chi connectivity index (χ0v) is 16.6. The van der Waals surface area contributed by atoms with Gasteiger partial charge in [0.2, 0.25) is 11.8 Å². The summed E-state index contributed by atoms with van der Waals surface area (Å²) in [5.74, 6) is 0.977. The van der Waals surface area contributed by atoms with Crippen molar-refractivity contribution in [3.8, 4) is 0 Å². The molecule has 1 aromatic carbocycles. The highest BCUT2D eigenvalue weighted by atomic mass is 32.2. The van der Waals surface area contributed by atoms with Gasteiger partial charge in [-0.1, -0.05) is 18.2 Å². The van der Waals surface area contributed by atoms with Gasteiger partial charge in [0.05, 0.1) is 10.9 Å². The lowest BCUT2D eigenvalue weighted by Crippen LogP contribution is -2.42. The summed E-state index contributed by atoms with van der Waals surface area (Å²) >= 11 is 1.47. The summed E-state index contributed by atoms with van der Waals surface area (Å²) in [5.41, 5.74) is 1.64. The van der Waals surface area contributed by atoms with E-state index in [1.807, 2.05) is 58.0 Å². The Bertz CT molecular complexity index is 1080. The zero-order valence-electron chi connectivity index (χ0n) is 15.8. The highest BCUT2D eigenvalue weighted by Gasteiger charge is 2.33. The lowest BCUT2D eigenvalue weighted by molar-refractivity contribution is -0.133. The SMILES string of the molecule is O=C1Nc2ccccc2SC1CC(=O)N1CCCC(c2nnc3ccccn23)C1. The van der Waals surface area contributed by atoms with Crippen molar-refractivity contribution in [1.29, 1.82) is 0 Å². The first kappa shape index (κ1) is 18.2. The molecule has 5 rings (SSSR count). The van der Waals surface area contributed by atoms with Crippen molar-refractivity contribution in [3.63, 3.8) is 0 Å². The van der Waals surface area contributed by atoms with Gasteiger partial charge in [-0.25, -0.2) is 0 Å². The molecule has 3 aromatic rings. The number of thioether (sulfide) groups is 1. The van der Waals surface area contributed by atoms with Gasteiger partial charge >= 0.3 is 0 Å². The highest BCUT2D eigenvalue weighted by Crippen LogP contribution is 2.37. The normalized spacial score (nSPS) is 21.7. The molecule has 1 fully saturated rings. The smallest absolute Gasteiger partial charge is 0.238 e. The number of pyridine rings is 1. The molecule has 0 spiro atoms. The largest absolute Gasteiger partial charge is 0.342 e. The van der Waals surface area contributed by atoms with E-state index in [1.54, 1.807) is 0 Å². The second-order valence-corrected chi connectivity index (χ2v) is 8.71. The van der Waals surface area contributed by atoms with Crippen molar-refractivity contribution >= 4 is 34.9 Å². The van der Waals surface area contributed by atoms with E-state index in [0.29, 0.717) is 6.54 Å². The van der Waals surface area contributed by atoms with E-state index in [0.717, 1.165) is 41.4 Å². The monoisotopic (exact) mass is 407 g/mol. The van der Waals surface area contributed by atoms with Crippen LogP contribution >= 0.6 is 11.8 Å². The Kier molecular flexibility index (Phi) is 4.71. The van der Waals surface area contributed by atoms with Gasteiger partial charge in [-0.15, -0.1) is 22.0 Å². The molecule has 0 saturated carbocycles. The number of carbonyl (C=O) groups excluding carboxylic acids is 2. The number of hydrogen-bond acceptors (Lipinski definition) is 5. The van der Waals surface area contributed by atoms with Gasteiger partial charge in [0.25, 0.3) is 0 Å². The molecule has 4 heterocycles. The van der Waals surface area contributed by atoms with Gasteiger partial charge in [-0.2, -0.15) is 0 Å². The van der Waals surface area contributed by atoms with Gasteiger partial charge in [0, 0.05) is 36.5 Å². The molecule has 29 heavy (non-hydrogen) atoms. The summed E-state index contributed by atoms with van der Waals surface area (Å²) in [6.07, 6.45) is 4.07. The predicted octanol–water partition coefficient (Wildman–Crippen LogP) is 2.94. The molecule has 8 heteroatoms. The van der Waals surface area contributed by atoms with Gasteiger partial charge in [0.1, 0.15) is 5.82 Å². The number of benzene rings is 1. The van der Waals surface area contributed by atoms with Crippen LogP contribution in [0.1, 0.15) is 31.0 Å². The lowest BCUT2D eigenvalue weighted by Gasteiger charge is -2.33. The molecule has 2 unspecified atom stereocenters. The summed E-state index contributed by atoms with van der Waals surface area (Å²) in [6.45, 7) is 1.34. The maximum atomic E-state index is 13.0. The van der Waals surface area contributed by atoms with Crippen molar-refractivity contribution in [1.82, 2.24) is 19.5 Å². The number of carbonyl (C=O) groups is 2. The molecule has 7 nitrogen and oxygen atoms in total. The molecule has 2 amide bonds. The van der Waals surface area contributed by atoms with Crippen LogP contribution in [0.3, 0.4) is 0 Å². The van der Waals surface area contributed by atoms with Gasteiger partial charge in [-0.3, -0.25) is 14.0 Å². The zero-order chi connectivity index (χ0) is 19.8. The number of rotatable bonds is 3. The molecule has 2 aromatic heterocycles. The van der Waals surface area contributed by atoms with Crippen molar-refractivity contribution < 1.29 is 9.59 Å². The summed E-state index contributed by atoms with van der Waals surface area (Å²) in [6, 6.07) is 13.5. The molecular weight excluding hydrogens is 386 g/mol. The first-order valence-electron chi connectivity index (χ1n) is 9.83. The van der Waals surface area contributed by atoms with E-state index in [4.69, 9.17) is 0 Å². The van der Waals surface area contributed by atoms with E-state index >= 15 is 0 Å². The molecule has 0 aliphatic carbocycles. The summed E-state index contributed by atoms with van der Waals surface area (Å²) in [7, 11) is 0. The van der Waals surface area contributed by atoms with Crippen LogP contribution in [0.15, 0.2) is 53.6 Å². The van der Waals surface area contributed by atoms with Gasteiger partial charge in [0.15, 0.2) is 5.65 Å². The average molecular weight is 407 g/mol. The van der Waals surface area contributed by atoms with Gasteiger partial charge in [-0.05, 0) is 37.1 Å². The predicted molar refractivity (Wildman–Crippen MR) is 111 cm³/mol. The third kappa shape index (κ3) is 3.48. The number of hydrogen-bond donors (Lipinski definition) is 1. The number of piperidine rings is 1. The van der Waals surface area contributed by atoms with Crippen molar-refractivity contribution in [2.24, 2.45) is 0 Å². The van der Waals surface area contributed by atoms with Crippen LogP contribution in [-0.2, 0) is 9.59 Å². The molecule has 2 aliphatic rings. The molecule has 148 valence electrons. The van der Waals surface area contributed by atoms with E-state index in [9.17, 15) is 9.59 Å². The van der Waals surface area contributed by atoms with Crippen LogP contribution in [0.5, 0.6) is 0 Å². The fourth-order valence-electron chi connectivity index (χ4n) is 4.07. The number of fused-ring (bicyclic) bond motifs is 2. The second kappa shape index (κ2) is 7.51. The van der Waals surface area contributed by atoms with Crippen LogP contribution in [0.25, 0.3) is 5.65 Å². The number of para-hydroxylation sites is 1. The number of nitrogens with zero attached hydrogens (tertiary/aromatic N) is 4. The lowest BCUT2D eigenvalue weighted by atomic mass is 9.96. The molecule has 2 aliphatic heterocycles. The van der Waals surface area contributed by atoms with E-state index in [-0.39, 0.29) is 24.2 Å². The fourth-order valence-corrected chi connectivity index (χ4v) is 5.17. The minimum absolute atomic E-state index is 0.0237. The Labute approximate surface area is 172 Å². The summed E-state index contributed by atoms with van der Waals surface area (Å²) in [5, 5.41) is 11.1. The Balaban J connectivity index is 1.29. The number of anilines is 1. The average Bonchev–Trinajstić information content (AvgIpc) is 3.18. The van der Waals surface area contributed by atoms with Crippen LogP contribution in [-0.4, -0.2) is 49.7 Å².